The molecule has 2 aliphatic rings. The summed E-state index contributed by atoms with van der Waals surface area (Å²) in [5, 5.41) is 2.32. The molecule has 0 unspecified atom stereocenters. The summed E-state index contributed by atoms with van der Waals surface area (Å²) < 4.78 is 95.5. The van der Waals surface area contributed by atoms with Crippen LogP contribution in [0, 0.1) is 5.92 Å². The van der Waals surface area contributed by atoms with E-state index >= 15 is 0 Å². The second kappa shape index (κ2) is 9.14. The fraction of sp³-hybridized carbons (Fsp3) is 0.455. The molecule has 0 amide bonds. The van der Waals surface area contributed by atoms with Crippen molar-refractivity contribution in [3.8, 4) is 0 Å². The molecule has 2 N–H and O–H groups in total. The van der Waals surface area contributed by atoms with Crippen LogP contribution in [0.15, 0.2) is 48.5 Å². The van der Waals surface area contributed by atoms with Gasteiger partial charge in [0, 0.05) is 30.0 Å². The molecule has 186 valence electrons. The van der Waals surface area contributed by atoms with Gasteiger partial charge >= 0.3 is 6.18 Å². The Morgan fingerprint density at radius 2 is 1.76 bits per heavy atom. The largest absolute Gasteiger partial charge is 0.416 e. The minimum absolute atomic E-state index is 0.168. The molecule has 0 bridgehead atoms. The number of sulfonamides is 1. The minimum Gasteiger partial charge on any atom is -0.378 e. The first-order valence-corrected chi connectivity index (χ1v) is 14.4. The van der Waals surface area contributed by atoms with Gasteiger partial charge in [-0.05, 0) is 36.6 Å². The van der Waals surface area contributed by atoms with Gasteiger partial charge < -0.3 is 10.1 Å². The molecule has 2 aromatic rings. The van der Waals surface area contributed by atoms with E-state index in [1.165, 1.54) is 6.07 Å². The molecule has 0 aromatic heterocycles. The van der Waals surface area contributed by atoms with E-state index in [0.29, 0.717) is 24.1 Å². The Morgan fingerprint density at radius 3 is 2.41 bits per heavy atom. The Balaban J connectivity index is 1.62. The highest BCUT2D eigenvalue weighted by atomic mass is 32.3. The van der Waals surface area contributed by atoms with Gasteiger partial charge in [0.1, 0.15) is 0 Å². The third-order valence-corrected chi connectivity index (χ3v) is 9.59. The van der Waals surface area contributed by atoms with Gasteiger partial charge in [-0.1, -0.05) is 30.3 Å². The number of rotatable bonds is 6. The molecule has 34 heavy (non-hydrogen) atoms. The van der Waals surface area contributed by atoms with Crippen molar-refractivity contribution in [2.24, 2.45) is 5.92 Å². The number of halogens is 3. The Bertz CT molecular complexity index is 1250. The van der Waals surface area contributed by atoms with Gasteiger partial charge in [-0.3, -0.25) is 0 Å². The maximum Gasteiger partial charge on any atom is 0.416 e. The lowest BCUT2D eigenvalue weighted by molar-refractivity contribution is -0.138. The van der Waals surface area contributed by atoms with E-state index in [4.69, 9.17) is 4.74 Å². The zero-order valence-electron chi connectivity index (χ0n) is 18.2. The van der Waals surface area contributed by atoms with Gasteiger partial charge in [0.25, 0.3) is 0 Å². The predicted molar refractivity (Wildman–Crippen MR) is 121 cm³/mol. The average Bonchev–Trinajstić information content (AvgIpc) is 2.75. The zero-order valence-corrected chi connectivity index (χ0v) is 19.9. The molecule has 2 heterocycles. The second-order valence-corrected chi connectivity index (χ2v) is 13.1. The quantitative estimate of drug-likeness (QED) is 0.606. The van der Waals surface area contributed by atoms with E-state index in [1.807, 2.05) is 30.3 Å². The van der Waals surface area contributed by atoms with Gasteiger partial charge in [0.15, 0.2) is 14.9 Å². The lowest BCUT2D eigenvalue weighted by atomic mass is 9.76. The minimum atomic E-state index is -4.52. The van der Waals surface area contributed by atoms with E-state index < -0.39 is 48.9 Å². The third-order valence-electron chi connectivity index (χ3n) is 6.03. The number of sulfone groups is 1. The highest BCUT2D eigenvalue weighted by Crippen LogP contribution is 2.51. The van der Waals surface area contributed by atoms with Crippen molar-refractivity contribution in [3.63, 3.8) is 0 Å². The molecule has 12 heteroatoms. The highest BCUT2D eigenvalue weighted by molar-refractivity contribution is 8.06. The summed E-state index contributed by atoms with van der Waals surface area (Å²) in [6, 6.07) is 12.8. The molecule has 4 rings (SSSR count). The fourth-order valence-electron chi connectivity index (χ4n) is 4.62. The lowest BCUT2D eigenvalue weighted by Gasteiger charge is -2.46. The van der Waals surface area contributed by atoms with E-state index in [9.17, 15) is 30.0 Å². The molecule has 0 radical (unpaired) electrons. The van der Waals surface area contributed by atoms with Crippen LogP contribution in [0.25, 0.3) is 0 Å². The molecule has 0 spiro atoms. The van der Waals surface area contributed by atoms with Crippen LogP contribution in [0.5, 0.6) is 0 Å². The van der Waals surface area contributed by atoms with E-state index in [2.05, 4.69) is 10.0 Å². The average molecular weight is 519 g/mol. The standard InChI is InChI=1S/C22H25F3N2O5S2/c1-33(28,29)13-34(30,31)26-12-16-8-9-17-20(14-5-3-2-4-6-14)27-19-10-7-15(22(23,24)25)11-18(19)21(17)32-16/h2-7,10-11,16-17,20-21,26-27H,8-9,12-13H2,1H3/t16-,17+,20+,21+/m1/s1. The topological polar surface area (TPSA) is 102 Å². The van der Waals surface area contributed by atoms with Crippen LogP contribution in [0.4, 0.5) is 18.9 Å². The van der Waals surface area contributed by atoms with Crippen LogP contribution in [0.3, 0.4) is 0 Å². The van der Waals surface area contributed by atoms with Crippen LogP contribution in [0.1, 0.15) is 41.7 Å². The summed E-state index contributed by atoms with van der Waals surface area (Å²) in [5.74, 6) is -0.178. The first-order chi connectivity index (χ1) is 15.8. The summed E-state index contributed by atoms with van der Waals surface area (Å²) in [5.41, 5.74) is 1.08. The fourth-order valence-corrected chi connectivity index (χ4v) is 7.64. The summed E-state index contributed by atoms with van der Waals surface area (Å²) in [6.07, 6.45) is -3.97. The van der Waals surface area contributed by atoms with Crippen molar-refractivity contribution in [2.75, 3.05) is 23.2 Å². The normalized spacial score (nSPS) is 25.2. The van der Waals surface area contributed by atoms with Crippen LogP contribution >= 0.6 is 0 Å². The van der Waals surface area contributed by atoms with Crippen LogP contribution in [-0.2, 0) is 30.8 Å². The summed E-state index contributed by atoms with van der Waals surface area (Å²) >= 11 is 0. The molecule has 0 aliphatic carbocycles. The Morgan fingerprint density at radius 1 is 1.06 bits per heavy atom. The third kappa shape index (κ3) is 5.73. The zero-order chi connectivity index (χ0) is 24.7. The number of nitrogens with one attached hydrogen (secondary N) is 2. The van der Waals surface area contributed by atoms with Crippen LogP contribution in [-0.4, -0.2) is 40.8 Å². The van der Waals surface area contributed by atoms with Crippen molar-refractivity contribution in [2.45, 2.75) is 37.3 Å². The van der Waals surface area contributed by atoms with Gasteiger partial charge in [-0.25, -0.2) is 21.6 Å². The monoisotopic (exact) mass is 518 g/mol. The van der Waals surface area contributed by atoms with Gasteiger partial charge in [0.05, 0.1) is 23.8 Å². The van der Waals surface area contributed by atoms with Crippen molar-refractivity contribution in [1.29, 1.82) is 0 Å². The first kappa shape index (κ1) is 25.0. The van der Waals surface area contributed by atoms with Gasteiger partial charge in [-0.2, -0.15) is 13.2 Å². The van der Waals surface area contributed by atoms with E-state index in [0.717, 1.165) is 24.0 Å². The maximum atomic E-state index is 13.4. The second-order valence-electron chi connectivity index (χ2n) is 8.76. The van der Waals surface area contributed by atoms with Gasteiger partial charge in [0.2, 0.25) is 10.0 Å². The molecule has 7 nitrogen and oxygen atoms in total. The first-order valence-electron chi connectivity index (χ1n) is 10.7. The van der Waals surface area contributed by atoms with Gasteiger partial charge in [-0.15, -0.1) is 0 Å². The molecule has 1 fully saturated rings. The molecular weight excluding hydrogens is 493 g/mol. The van der Waals surface area contributed by atoms with E-state index in [-0.39, 0.29) is 18.5 Å². The molecule has 4 atom stereocenters. The summed E-state index contributed by atoms with van der Waals surface area (Å²) in [6.45, 7) is -0.168. The van der Waals surface area contributed by atoms with Crippen LogP contribution in [0.2, 0.25) is 0 Å². The number of ether oxygens (including phenoxy) is 1. The SMILES string of the molecule is CS(=O)(=O)CS(=O)(=O)NC[C@H]1CC[C@@H]2[C@H](O1)c1cc(C(F)(F)F)ccc1N[C@H]2c1ccccc1. The Hall–Kier alpha value is -2.15. The van der Waals surface area contributed by atoms with Crippen molar-refractivity contribution < 1.29 is 34.7 Å². The molecule has 0 saturated carbocycles. The summed E-state index contributed by atoms with van der Waals surface area (Å²) in [7, 11) is -7.84. The predicted octanol–water partition coefficient (Wildman–Crippen LogP) is 3.63. The maximum absolute atomic E-state index is 13.4. The highest BCUT2D eigenvalue weighted by Gasteiger charge is 2.43. The molecule has 2 aliphatic heterocycles. The molecular formula is C22H25F3N2O5S2. The number of benzene rings is 2. The van der Waals surface area contributed by atoms with Crippen LogP contribution < -0.4 is 10.0 Å². The Kier molecular flexibility index (Phi) is 6.71. The smallest absolute Gasteiger partial charge is 0.378 e. The Labute approximate surface area is 196 Å². The molecule has 2 aromatic carbocycles. The number of anilines is 1. The summed E-state index contributed by atoms with van der Waals surface area (Å²) in [4.78, 5) is 0. The molecule has 1 saturated heterocycles. The lowest BCUT2D eigenvalue weighted by Crippen LogP contribution is -2.43. The van der Waals surface area contributed by atoms with Crippen molar-refractivity contribution in [1.82, 2.24) is 4.72 Å². The van der Waals surface area contributed by atoms with Crippen molar-refractivity contribution >= 4 is 25.5 Å². The number of hydrogen-bond acceptors (Lipinski definition) is 6. The number of fused-ring (bicyclic) bond motifs is 3. The number of hydrogen-bond donors (Lipinski definition) is 2. The van der Waals surface area contributed by atoms with E-state index in [1.54, 1.807) is 0 Å². The number of alkyl halides is 3. The van der Waals surface area contributed by atoms with Crippen molar-refractivity contribution in [3.05, 3.63) is 65.2 Å².